The van der Waals surface area contributed by atoms with Crippen molar-refractivity contribution >= 4 is 28.5 Å². The highest BCUT2D eigenvalue weighted by Gasteiger charge is 2.32. The van der Waals surface area contributed by atoms with E-state index in [4.69, 9.17) is 26.1 Å². The van der Waals surface area contributed by atoms with Gasteiger partial charge in [0.15, 0.2) is 0 Å². The molecule has 1 atom stereocenters. The zero-order chi connectivity index (χ0) is 20.4. The van der Waals surface area contributed by atoms with Crippen LogP contribution in [-0.4, -0.2) is 59.3 Å². The third kappa shape index (κ3) is 3.80. The molecule has 0 aliphatic carbocycles. The molecule has 1 fully saturated rings. The van der Waals surface area contributed by atoms with Crippen molar-refractivity contribution in [1.82, 2.24) is 19.4 Å². The number of nitrogens with zero attached hydrogens (tertiary/aromatic N) is 4. The predicted molar refractivity (Wildman–Crippen MR) is 111 cm³/mol. The Hall–Kier alpha value is -2.64. The summed E-state index contributed by atoms with van der Waals surface area (Å²) in [6.45, 7) is 2.53. The fraction of sp³-hybridized carbons (Fsp3) is 0.381. The quantitative estimate of drug-likeness (QED) is 0.618. The Morgan fingerprint density at radius 2 is 2.17 bits per heavy atom. The van der Waals surface area contributed by atoms with E-state index in [-0.39, 0.29) is 11.8 Å². The number of carbonyl (C=O) groups excluding carboxylic acids is 1. The zero-order valence-electron chi connectivity index (χ0n) is 16.5. The first-order valence-corrected chi connectivity index (χ1v) is 9.92. The van der Waals surface area contributed by atoms with Crippen LogP contribution in [-0.2, 0) is 11.3 Å². The molecule has 1 aliphatic heterocycles. The van der Waals surface area contributed by atoms with Gasteiger partial charge < -0.3 is 18.9 Å². The summed E-state index contributed by atoms with van der Waals surface area (Å²) in [6.07, 6.45) is 4.42. The lowest BCUT2D eigenvalue weighted by Gasteiger charge is -2.19. The van der Waals surface area contributed by atoms with Crippen LogP contribution >= 0.6 is 11.6 Å². The van der Waals surface area contributed by atoms with Gasteiger partial charge in [-0.05, 0) is 30.7 Å². The van der Waals surface area contributed by atoms with E-state index in [0.717, 1.165) is 23.3 Å². The van der Waals surface area contributed by atoms with Gasteiger partial charge in [-0.3, -0.25) is 9.78 Å². The molecule has 1 saturated heterocycles. The molecule has 0 N–H and O–H groups in total. The number of methoxy groups -OCH3 is 2. The molecule has 0 radical (unpaired) electrons. The number of benzene rings is 1. The minimum absolute atomic E-state index is 0.0759. The number of aromatic nitrogens is 3. The first kappa shape index (κ1) is 19.7. The Morgan fingerprint density at radius 1 is 1.31 bits per heavy atom. The molecular weight excluding hydrogens is 392 g/mol. The number of imidazole rings is 1. The number of hydrogen-bond donors (Lipinski definition) is 0. The van der Waals surface area contributed by atoms with Crippen LogP contribution in [0.2, 0.25) is 5.02 Å². The van der Waals surface area contributed by atoms with Crippen LogP contribution in [0.25, 0.3) is 11.0 Å². The average Bonchev–Trinajstić information content (AvgIpc) is 3.36. The highest BCUT2D eigenvalue weighted by molar-refractivity contribution is 6.31. The van der Waals surface area contributed by atoms with Crippen molar-refractivity contribution < 1.29 is 14.3 Å². The maximum atomic E-state index is 13.1. The van der Waals surface area contributed by atoms with E-state index in [0.29, 0.717) is 42.6 Å². The Morgan fingerprint density at radius 3 is 2.97 bits per heavy atom. The maximum absolute atomic E-state index is 13.1. The molecule has 3 aromatic rings. The highest BCUT2D eigenvalue weighted by atomic mass is 35.5. The molecule has 2 aromatic heterocycles. The molecule has 29 heavy (non-hydrogen) atoms. The number of halogens is 1. The molecular formula is C21H23ClN4O3. The average molecular weight is 415 g/mol. The van der Waals surface area contributed by atoms with E-state index >= 15 is 0 Å². The molecule has 152 valence electrons. The number of carbonyl (C=O) groups is 1. The molecule has 0 bridgehead atoms. The van der Waals surface area contributed by atoms with Crippen LogP contribution in [0.4, 0.5) is 0 Å². The van der Waals surface area contributed by atoms with Gasteiger partial charge in [0.2, 0.25) is 0 Å². The van der Waals surface area contributed by atoms with Crippen molar-refractivity contribution in [3.63, 3.8) is 0 Å². The normalized spacial score (nSPS) is 16.5. The molecule has 1 amide bonds. The van der Waals surface area contributed by atoms with Crippen LogP contribution < -0.4 is 4.74 Å². The number of pyridine rings is 1. The summed E-state index contributed by atoms with van der Waals surface area (Å²) in [6, 6.07) is 7.02. The van der Waals surface area contributed by atoms with E-state index in [1.807, 2.05) is 17.2 Å². The monoisotopic (exact) mass is 414 g/mol. The number of ether oxygens (including phenoxy) is 2. The summed E-state index contributed by atoms with van der Waals surface area (Å²) < 4.78 is 12.8. The Balaban J connectivity index is 1.60. The first-order chi connectivity index (χ1) is 14.1. The molecule has 8 heteroatoms. The second-order valence-corrected chi connectivity index (χ2v) is 7.50. The zero-order valence-corrected chi connectivity index (χ0v) is 17.2. The van der Waals surface area contributed by atoms with Gasteiger partial charge >= 0.3 is 0 Å². The van der Waals surface area contributed by atoms with Gasteiger partial charge in [-0.25, -0.2) is 4.98 Å². The highest BCUT2D eigenvalue weighted by Crippen LogP contribution is 2.32. The van der Waals surface area contributed by atoms with Gasteiger partial charge in [0.25, 0.3) is 5.91 Å². The van der Waals surface area contributed by atoms with Crippen LogP contribution in [0.15, 0.2) is 36.7 Å². The lowest BCUT2D eigenvalue weighted by Crippen LogP contribution is -2.29. The third-order valence-electron chi connectivity index (χ3n) is 5.33. The number of fused-ring (bicyclic) bond motifs is 1. The molecule has 1 aliphatic rings. The number of hydrogen-bond acceptors (Lipinski definition) is 5. The lowest BCUT2D eigenvalue weighted by atomic mass is 10.1. The number of rotatable bonds is 6. The smallest absolute Gasteiger partial charge is 0.257 e. The minimum Gasteiger partial charge on any atom is -0.496 e. The van der Waals surface area contributed by atoms with E-state index in [2.05, 4.69) is 9.55 Å². The fourth-order valence-corrected chi connectivity index (χ4v) is 4.06. The van der Waals surface area contributed by atoms with Crippen molar-refractivity contribution in [3.8, 4) is 5.75 Å². The summed E-state index contributed by atoms with van der Waals surface area (Å²) in [5.41, 5.74) is 2.38. The summed E-state index contributed by atoms with van der Waals surface area (Å²) in [7, 11) is 3.24. The Kier molecular flexibility index (Phi) is 5.69. The van der Waals surface area contributed by atoms with Crippen molar-refractivity contribution in [2.75, 3.05) is 33.9 Å². The SMILES string of the molecule is COCCn1c([C@H]2CCN(C(=O)c3cc(Cl)ccc3OC)C2)nc2ccncc21. The van der Waals surface area contributed by atoms with Crippen LogP contribution in [0.3, 0.4) is 0 Å². The fourth-order valence-electron chi connectivity index (χ4n) is 3.89. The van der Waals surface area contributed by atoms with Crippen LogP contribution in [0.1, 0.15) is 28.5 Å². The Labute approximate surface area is 174 Å². The van der Waals surface area contributed by atoms with Crippen molar-refractivity contribution in [3.05, 3.63) is 53.1 Å². The van der Waals surface area contributed by atoms with E-state index in [1.165, 1.54) is 0 Å². The van der Waals surface area contributed by atoms with Crippen LogP contribution in [0.5, 0.6) is 5.75 Å². The van der Waals surface area contributed by atoms with Gasteiger partial charge in [0.1, 0.15) is 11.6 Å². The standard InChI is InChI=1S/C21H23ClN4O3/c1-28-10-9-26-18-12-23-7-5-17(18)24-20(26)14-6-8-25(13-14)21(27)16-11-15(22)3-4-19(16)29-2/h3-5,7,11-12,14H,6,8-10,13H2,1-2H3/t14-/m0/s1. The van der Waals surface area contributed by atoms with Gasteiger partial charge in [-0.15, -0.1) is 0 Å². The van der Waals surface area contributed by atoms with Crippen molar-refractivity contribution in [2.24, 2.45) is 0 Å². The lowest BCUT2D eigenvalue weighted by molar-refractivity contribution is 0.0787. The predicted octanol–water partition coefficient (Wildman–Crippen LogP) is 3.37. The first-order valence-electron chi connectivity index (χ1n) is 9.54. The summed E-state index contributed by atoms with van der Waals surface area (Å²) >= 11 is 6.11. The number of amides is 1. The summed E-state index contributed by atoms with van der Waals surface area (Å²) in [5, 5.41) is 0.513. The maximum Gasteiger partial charge on any atom is 0.257 e. The van der Waals surface area contributed by atoms with Crippen LogP contribution in [0, 0.1) is 0 Å². The van der Waals surface area contributed by atoms with Gasteiger partial charge in [0, 0.05) is 43.9 Å². The second-order valence-electron chi connectivity index (χ2n) is 7.06. The van der Waals surface area contributed by atoms with E-state index in [1.54, 1.807) is 38.6 Å². The van der Waals surface area contributed by atoms with Crippen molar-refractivity contribution in [2.45, 2.75) is 18.9 Å². The molecule has 4 rings (SSSR count). The Bertz CT molecular complexity index is 1040. The molecule has 1 aromatic carbocycles. The second kappa shape index (κ2) is 8.39. The molecule has 0 saturated carbocycles. The van der Waals surface area contributed by atoms with Gasteiger partial charge in [-0.2, -0.15) is 0 Å². The molecule has 7 nitrogen and oxygen atoms in total. The number of likely N-dealkylation sites (tertiary alicyclic amines) is 1. The largest absolute Gasteiger partial charge is 0.496 e. The topological polar surface area (TPSA) is 69.5 Å². The van der Waals surface area contributed by atoms with E-state index in [9.17, 15) is 4.79 Å². The summed E-state index contributed by atoms with van der Waals surface area (Å²) in [5.74, 6) is 1.57. The van der Waals surface area contributed by atoms with E-state index < -0.39 is 0 Å². The minimum atomic E-state index is -0.0759. The molecule has 3 heterocycles. The molecule has 0 unspecified atom stereocenters. The third-order valence-corrected chi connectivity index (χ3v) is 5.57. The summed E-state index contributed by atoms with van der Waals surface area (Å²) in [4.78, 5) is 24.0. The van der Waals surface area contributed by atoms with Gasteiger partial charge in [0.05, 0.1) is 36.5 Å². The molecule has 0 spiro atoms. The van der Waals surface area contributed by atoms with Crippen molar-refractivity contribution in [1.29, 1.82) is 0 Å². The van der Waals surface area contributed by atoms with Gasteiger partial charge in [-0.1, -0.05) is 11.6 Å².